The van der Waals surface area contributed by atoms with Crippen LogP contribution in [-0.4, -0.2) is 16.0 Å². The molecule has 0 bridgehead atoms. The minimum absolute atomic E-state index is 0.104. The quantitative estimate of drug-likeness (QED) is 0.726. The zero-order chi connectivity index (χ0) is 15.2. The van der Waals surface area contributed by atoms with Crippen LogP contribution in [0.5, 0.6) is 0 Å². The summed E-state index contributed by atoms with van der Waals surface area (Å²) in [5.41, 5.74) is 0. The summed E-state index contributed by atoms with van der Waals surface area (Å²) in [5.74, 6) is -1.08. The second-order valence-electron chi connectivity index (χ2n) is 4.67. The van der Waals surface area contributed by atoms with Gasteiger partial charge in [0.15, 0.2) is 0 Å². The maximum absolute atomic E-state index is 12.6. The lowest BCUT2D eigenvalue weighted by Crippen LogP contribution is -2.21. The lowest BCUT2D eigenvalue weighted by Gasteiger charge is -2.19. The largest absolute Gasteiger partial charge is 0.451 e. The van der Waals surface area contributed by atoms with Crippen molar-refractivity contribution in [2.24, 2.45) is 0 Å². The predicted octanol–water partition coefficient (Wildman–Crippen LogP) is 4.92. The molecule has 0 saturated heterocycles. The van der Waals surface area contributed by atoms with Crippen molar-refractivity contribution in [1.29, 1.82) is 0 Å². The highest BCUT2D eigenvalue weighted by Gasteiger charge is 2.35. The van der Waals surface area contributed by atoms with Crippen LogP contribution in [0.15, 0.2) is 6.07 Å². The molecular formula is C13H19ClF3N3. The number of hydrogen-bond acceptors (Lipinski definition) is 3. The molecular weight excluding hydrogens is 291 g/mol. The monoisotopic (exact) mass is 309 g/mol. The fraction of sp³-hybridized carbons (Fsp3) is 0.692. The summed E-state index contributed by atoms with van der Waals surface area (Å²) in [4.78, 5) is 6.71. The summed E-state index contributed by atoms with van der Waals surface area (Å²) >= 11 is 5.63. The van der Waals surface area contributed by atoms with Gasteiger partial charge in [0.25, 0.3) is 0 Å². The van der Waals surface area contributed by atoms with E-state index in [2.05, 4.69) is 22.2 Å². The summed E-state index contributed by atoms with van der Waals surface area (Å²) in [7, 11) is 0. The number of rotatable bonds is 7. The summed E-state index contributed by atoms with van der Waals surface area (Å²) in [6.07, 6.45) is 0.191. The summed E-state index contributed by atoms with van der Waals surface area (Å²) in [6.45, 7) is 4.11. The molecule has 114 valence electrons. The number of alkyl halides is 3. The van der Waals surface area contributed by atoms with Crippen LogP contribution in [0.3, 0.4) is 0 Å². The molecule has 0 radical (unpaired) electrons. The van der Waals surface area contributed by atoms with E-state index in [0.717, 1.165) is 32.1 Å². The van der Waals surface area contributed by atoms with Gasteiger partial charge in [-0.25, -0.2) is 9.97 Å². The topological polar surface area (TPSA) is 37.8 Å². The Morgan fingerprint density at radius 3 is 2.45 bits per heavy atom. The Kier molecular flexibility index (Phi) is 6.52. The fourth-order valence-electron chi connectivity index (χ4n) is 1.92. The smallest absolute Gasteiger partial charge is 0.367 e. The minimum Gasteiger partial charge on any atom is -0.367 e. The number of aromatic nitrogens is 2. The second kappa shape index (κ2) is 7.67. The molecule has 7 heteroatoms. The summed E-state index contributed by atoms with van der Waals surface area (Å²) < 4.78 is 37.9. The van der Waals surface area contributed by atoms with Gasteiger partial charge in [0.2, 0.25) is 5.82 Å². The molecule has 0 amide bonds. The van der Waals surface area contributed by atoms with Crippen LogP contribution < -0.4 is 5.32 Å². The summed E-state index contributed by atoms with van der Waals surface area (Å²) in [6, 6.07) is 1.43. The van der Waals surface area contributed by atoms with Crippen molar-refractivity contribution in [2.75, 3.05) is 5.32 Å². The molecule has 1 aromatic heterocycles. The Morgan fingerprint density at radius 2 is 1.90 bits per heavy atom. The Balaban J connectivity index is 2.86. The maximum Gasteiger partial charge on any atom is 0.451 e. The van der Waals surface area contributed by atoms with Gasteiger partial charge in [-0.1, -0.05) is 44.7 Å². The van der Waals surface area contributed by atoms with E-state index in [9.17, 15) is 13.2 Å². The Morgan fingerprint density at radius 1 is 1.20 bits per heavy atom. The van der Waals surface area contributed by atoms with Crippen molar-refractivity contribution in [3.8, 4) is 0 Å². The molecule has 0 aliphatic rings. The fourth-order valence-corrected chi connectivity index (χ4v) is 2.10. The van der Waals surface area contributed by atoms with Crippen LogP contribution in [0.1, 0.15) is 51.8 Å². The Hall–Kier alpha value is -1.04. The van der Waals surface area contributed by atoms with Crippen LogP contribution in [0.2, 0.25) is 5.15 Å². The first-order valence-electron chi connectivity index (χ1n) is 6.75. The van der Waals surface area contributed by atoms with Crippen LogP contribution in [-0.2, 0) is 6.18 Å². The SMILES string of the molecule is CCCCC(CCC)Nc1cc(Cl)nc(C(F)(F)F)n1. The molecule has 1 aromatic rings. The van der Waals surface area contributed by atoms with Crippen molar-refractivity contribution in [3.05, 3.63) is 17.0 Å². The zero-order valence-corrected chi connectivity index (χ0v) is 12.4. The van der Waals surface area contributed by atoms with Crippen molar-refractivity contribution in [3.63, 3.8) is 0 Å². The van der Waals surface area contributed by atoms with Gasteiger partial charge in [-0.05, 0) is 12.8 Å². The van der Waals surface area contributed by atoms with E-state index in [4.69, 9.17) is 11.6 Å². The first kappa shape index (κ1) is 17.0. The average Bonchev–Trinajstić information content (AvgIpc) is 2.34. The van der Waals surface area contributed by atoms with Crippen LogP contribution in [0.25, 0.3) is 0 Å². The van der Waals surface area contributed by atoms with E-state index < -0.39 is 12.0 Å². The standard InChI is InChI=1S/C13H19ClF3N3/c1-3-5-7-9(6-4-2)18-11-8-10(14)19-12(20-11)13(15,16)17/h8-9H,3-7H2,1-2H3,(H,18,19,20). The first-order valence-corrected chi connectivity index (χ1v) is 7.13. The molecule has 0 fully saturated rings. The van der Waals surface area contributed by atoms with Crippen molar-refractivity contribution in [2.45, 2.75) is 58.2 Å². The van der Waals surface area contributed by atoms with Gasteiger partial charge in [0, 0.05) is 12.1 Å². The molecule has 1 atom stereocenters. The highest BCUT2D eigenvalue weighted by Crippen LogP contribution is 2.28. The molecule has 0 saturated carbocycles. The van der Waals surface area contributed by atoms with Crippen LogP contribution in [0.4, 0.5) is 19.0 Å². The third-order valence-corrected chi connectivity index (χ3v) is 3.04. The number of nitrogens with one attached hydrogen (secondary N) is 1. The Labute approximate surface area is 122 Å². The zero-order valence-electron chi connectivity index (χ0n) is 11.6. The number of hydrogen-bond donors (Lipinski definition) is 1. The van der Waals surface area contributed by atoms with Gasteiger partial charge in [-0.15, -0.1) is 0 Å². The highest BCUT2D eigenvalue weighted by molar-refractivity contribution is 6.29. The normalized spacial score (nSPS) is 13.3. The molecule has 0 spiro atoms. The molecule has 1 N–H and O–H groups in total. The minimum atomic E-state index is -4.59. The van der Waals surface area contributed by atoms with Crippen LogP contribution in [0, 0.1) is 0 Å². The van der Waals surface area contributed by atoms with Gasteiger partial charge >= 0.3 is 6.18 Å². The van der Waals surface area contributed by atoms with E-state index in [1.807, 2.05) is 6.92 Å². The van der Waals surface area contributed by atoms with Crippen molar-refractivity contribution >= 4 is 17.4 Å². The van der Waals surface area contributed by atoms with Crippen molar-refractivity contribution in [1.82, 2.24) is 9.97 Å². The van der Waals surface area contributed by atoms with Gasteiger partial charge in [0.1, 0.15) is 11.0 Å². The third kappa shape index (κ3) is 5.53. The van der Waals surface area contributed by atoms with E-state index in [0.29, 0.717) is 0 Å². The third-order valence-electron chi connectivity index (χ3n) is 2.84. The van der Waals surface area contributed by atoms with Crippen molar-refractivity contribution < 1.29 is 13.2 Å². The highest BCUT2D eigenvalue weighted by atomic mass is 35.5. The molecule has 1 heterocycles. The number of anilines is 1. The van der Waals surface area contributed by atoms with Gasteiger partial charge in [-0.3, -0.25) is 0 Å². The first-order chi connectivity index (χ1) is 9.36. The lowest BCUT2D eigenvalue weighted by molar-refractivity contribution is -0.144. The molecule has 1 rings (SSSR count). The number of halogens is 4. The van der Waals surface area contributed by atoms with Gasteiger partial charge in [-0.2, -0.15) is 13.2 Å². The number of unbranched alkanes of at least 4 members (excludes halogenated alkanes) is 1. The molecule has 0 aliphatic carbocycles. The Bertz CT molecular complexity index is 424. The predicted molar refractivity (Wildman–Crippen MR) is 73.9 cm³/mol. The van der Waals surface area contributed by atoms with E-state index in [1.165, 1.54) is 6.07 Å². The lowest BCUT2D eigenvalue weighted by atomic mass is 10.1. The van der Waals surface area contributed by atoms with Crippen LogP contribution >= 0.6 is 11.6 Å². The molecule has 1 unspecified atom stereocenters. The maximum atomic E-state index is 12.6. The molecule has 3 nitrogen and oxygen atoms in total. The summed E-state index contributed by atoms with van der Waals surface area (Å²) in [5, 5.41) is 2.82. The number of nitrogens with zero attached hydrogens (tertiary/aromatic N) is 2. The van der Waals surface area contributed by atoms with Gasteiger partial charge in [0.05, 0.1) is 0 Å². The molecule has 0 aliphatic heterocycles. The molecule has 0 aromatic carbocycles. The van der Waals surface area contributed by atoms with E-state index >= 15 is 0 Å². The second-order valence-corrected chi connectivity index (χ2v) is 5.06. The molecule has 20 heavy (non-hydrogen) atoms. The van der Waals surface area contributed by atoms with E-state index in [-0.39, 0.29) is 17.0 Å². The van der Waals surface area contributed by atoms with Gasteiger partial charge < -0.3 is 5.32 Å². The van der Waals surface area contributed by atoms with E-state index in [1.54, 1.807) is 0 Å². The average molecular weight is 310 g/mol.